The number of hydrogen-bond acceptors (Lipinski definition) is 1. The standard InChI is InChI=1S/C21H27NO/c1-15(2)13-20(19-12-8-6-10-17(19)4)22-21(23)14-18-11-7-5-9-16(18)3/h5-12,15,20H,13-14H2,1-4H3,(H,22,23). The summed E-state index contributed by atoms with van der Waals surface area (Å²) in [6.07, 6.45) is 1.39. The van der Waals surface area contributed by atoms with Crippen LogP contribution in [-0.2, 0) is 11.2 Å². The van der Waals surface area contributed by atoms with E-state index in [1.165, 1.54) is 16.7 Å². The molecule has 2 aromatic carbocycles. The van der Waals surface area contributed by atoms with Crippen molar-refractivity contribution < 1.29 is 4.79 Å². The summed E-state index contributed by atoms with van der Waals surface area (Å²) >= 11 is 0. The molecule has 0 spiro atoms. The minimum atomic E-state index is 0.0766. The monoisotopic (exact) mass is 309 g/mol. The number of rotatable bonds is 6. The zero-order valence-corrected chi connectivity index (χ0v) is 14.6. The summed E-state index contributed by atoms with van der Waals surface area (Å²) in [5.74, 6) is 0.617. The Morgan fingerprint density at radius 1 is 0.957 bits per heavy atom. The molecule has 122 valence electrons. The van der Waals surface area contributed by atoms with Gasteiger partial charge in [-0.25, -0.2) is 0 Å². The third-order valence-electron chi connectivity index (χ3n) is 4.22. The molecule has 1 amide bonds. The van der Waals surface area contributed by atoms with Crippen molar-refractivity contribution in [2.75, 3.05) is 0 Å². The van der Waals surface area contributed by atoms with Gasteiger partial charge in [-0.1, -0.05) is 62.4 Å². The second-order valence-corrected chi connectivity index (χ2v) is 6.71. The summed E-state index contributed by atoms with van der Waals surface area (Å²) < 4.78 is 0. The fourth-order valence-corrected chi connectivity index (χ4v) is 2.94. The number of aryl methyl sites for hydroxylation is 2. The molecule has 0 aromatic heterocycles. The molecule has 23 heavy (non-hydrogen) atoms. The molecule has 0 heterocycles. The van der Waals surface area contributed by atoms with Crippen molar-refractivity contribution in [3.05, 3.63) is 70.8 Å². The lowest BCUT2D eigenvalue weighted by Crippen LogP contribution is -2.31. The fraction of sp³-hybridized carbons (Fsp3) is 0.381. The van der Waals surface area contributed by atoms with E-state index in [2.05, 4.69) is 51.2 Å². The SMILES string of the molecule is Cc1ccccc1CC(=O)NC(CC(C)C)c1ccccc1C. The average molecular weight is 309 g/mol. The number of carbonyl (C=O) groups is 1. The molecule has 1 atom stereocenters. The second kappa shape index (κ2) is 7.96. The van der Waals surface area contributed by atoms with Gasteiger partial charge in [0.15, 0.2) is 0 Å². The van der Waals surface area contributed by atoms with Gasteiger partial charge in [0.25, 0.3) is 0 Å². The van der Waals surface area contributed by atoms with Gasteiger partial charge in [0.05, 0.1) is 12.5 Å². The lowest BCUT2D eigenvalue weighted by molar-refractivity contribution is -0.121. The fourth-order valence-electron chi connectivity index (χ4n) is 2.94. The summed E-state index contributed by atoms with van der Waals surface area (Å²) in [4.78, 5) is 12.5. The second-order valence-electron chi connectivity index (χ2n) is 6.71. The Morgan fingerprint density at radius 2 is 1.57 bits per heavy atom. The van der Waals surface area contributed by atoms with Crippen molar-refractivity contribution >= 4 is 5.91 Å². The molecule has 1 unspecified atom stereocenters. The molecular formula is C21H27NO. The highest BCUT2D eigenvalue weighted by molar-refractivity contribution is 5.79. The van der Waals surface area contributed by atoms with Crippen LogP contribution in [0.5, 0.6) is 0 Å². The predicted octanol–water partition coefficient (Wildman–Crippen LogP) is 4.75. The van der Waals surface area contributed by atoms with Crippen molar-refractivity contribution in [3.8, 4) is 0 Å². The first-order valence-corrected chi connectivity index (χ1v) is 8.36. The quantitative estimate of drug-likeness (QED) is 0.819. The highest BCUT2D eigenvalue weighted by atomic mass is 16.1. The Kier molecular flexibility index (Phi) is 5.97. The van der Waals surface area contributed by atoms with Gasteiger partial charge < -0.3 is 5.32 Å². The Balaban J connectivity index is 2.13. The number of hydrogen-bond donors (Lipinski definition) is 1. The van der Waals surface area contributed by atoms with Crippen molar-refractivity contribution in [2.45, 2.75) is 46.6 Å². The summed E-state index contributed by atoms with van der Waals surface area (Å²) in [5, 5.41) is 3.24. The zero-order valence-electron chi connectivity index (χ0n) is 14.6. The van der Waals surface area contributed by atoms with Gasteiger partial charge in [0, 0.05) is 0 Å². The van der Waals surface area contributed by atoms with E-state index in [9.17, 15) is 4.79 Å². The van der Waals surface area contributed by atoms with Crippen molar-refractivity contribution in [2.24, 2.45) is 5.92 Å². The van der Waals surface area contributed by atoms with Crippen LogP contribution >= 0.6 is 0 Å². The molecule has 0 aliphatic carbocycles. The Morgan fingerprint density at radius 3 is 2.17 bits per heavy atom. The molecule has 0 aliphatic heterocycles. The lowest BCUT2D eigenvalue weighted by atomic mass is 9.93. The molecular weight excluding hydrogens is 282 g/mol. The van der Waals surface area contributed by atoms with E-state index in [0.717, 1.165) is 12.0 Å². The molecule has 0 saturated carbocycles. The molecule has 2 aromatic rings. The smallest absolute Gasteiger partial charge is 0.224 e. The van der Waals surface area contributed by atoms with E-state index >= 15 is 0 Å². The van der Waals surface area contributed by atoms with Crippen LogP contribution in [0.2, 0.25) is 0 Å². The van der Waals surface area contributed by atoms with Crippen LogP contribution in [0.1, 0.15) is 48.6 Å². The van der Waals surface area contributed by atoms with Gasteiger partial charge in [-0.2, -0.15) is 0 Å². The predicted molar refractivity (Wildman–Crippen MR) is 96.4 cm³/mol. The molecule has 0 aliphatic rings. The van der Waals surface area contributed by atoms with Gasteiger partial charge in [-0.05, 0) is 48.4 Å². The highest BCUT2D eigenvalue weighted by Crippen LogP contribution is 2.24. The molecule has 1 N–H and O–H groups in total. The van der Waals surface area contributed by atoms with E-state index < -0.39 is 0 Å². The highest BCUT2D eigenvalue weighted by Gasteiger charge is 2.18. The molecule has 2 nitrogen and oxygen atoms in total. The van der Waals surface area contributed by atoms with Gasteiger partial charge >= 0.3 is 0 Å². The maximum Gasteiger partial charge on any atom is 0.224 e. The van der Waals surface area contributed by atoms with Crippen molar-refractivity contribution in [3.63, 3.8) is 0 Å². The minimum Gasteiger partial charge on any atom is -0.349 e. The minimum absolute atomic E-state index is 0.0766. The Hall–Kier alpha value is -2.09. The first-order valence-electron chi connectivity index (χ1n) is 8.36. The number of carbonyl (C=O) groups excluding carboxylic acids is 1. The average Bonchev–Trinajstić information content (AvgIpc) is 2.49. The summed E-state index contributed by atoms with van der Waals surface area (Å²) in [7, 11) is 0. The van der Waals surface area contributed by atoms with Crippen LogP contribution in [-0.4, -0.2) is 5.91 Å². The molecule has 0 bridgehead atoms. The van der Waals surface area contributed by atoms with Gasteiger partial charge in [-0.15, -0.1) is 0 Å². The van der Waals surface area contributed by atoms with E-state index in [4.69, 9.17) is 0 Å². The van der Waals surface area contributed by atoms with Crippen LogP contribution < -0.4 is 5.32 Å². The van der Waals surface area contributed by atoms with Crippen molar-refractivity contribution in [1.29, 1.82) is 0 Å². The molecule has 0 fully saturated rings. The van der Waals surface area contributed by atoms with E-state index in [0.29, 0.717) is 12.3 Å². The topological polar surface area (TPSA) is 29.1 Å². The summed E-state index contributed by atoms with van der Waals surface area (Å²) in [5.41, 5.74) is 4.71. The number of benzene rings is 2. The van der Waals surface area contributed by atoms with Crippen LogP contribution in [0, 0.1) is 19.8 Å². The van der Waals surface area contributed by atoms with E-state index in [-0.39, 0.29) is 11.9 Å². The lowest BCUT2D eigenvalue weighted by Gasteiger charge is -2.23. The zero-order chi connectivity index (χ0) is 16.8. The largest absolute Gasteiger partial charge is 0.349 e. The van der Waals surface area contributed by atoms with Crippen molar-refractivity contribution in [1.82, 2.24) is 5.32 Å². The van der Waals surface area contributed by atoms with Gasteiger partial charge in [0.1, 0.15) is 0 Å². The maximum atomic E-state index is 12.5. The first kappa shape index (κ1) is 17.3. The van der Waals surface area contributed by atoms with Gasteiger partial charge in [-0.3, -0.25) is 4.79 Å². The molecule has 0 saturated heterocycles. The number of amides is 1. The van der Waals surface area contributed by atoms with Crippen LogP contribution in [0.3, 0.4) is 0 Å². The van der Waals surface area contributed by atoms with E-state index in [1.54, 1.807) is 0 Å². The third kappa shape index (κ3) is 4.95. The first-order chi connectivity index (χ1) is 11.0. The molecule has 2 rings (SSSR count). The van der Waals surface area contributed by atoms with Crippen LogP contribution in [0.15, 0.2) is 48.5 Å². The third-order valence-corrected chi connectivity index (χ3v) is 4.22. The van der Waals surface area contributed by atoms with E-state index in [1.807, 2.05) is 30.3 Å². The molecule has 0 radical (unpaired) electrons. The van der Waals surface area contributed by atoms with Crippen LogP contribution in [0.25, 0.3) is 0 Å². The summed E-state index contributed by atoms with van der Waals surface area (Å²) in [6.45, 7) is 8.54. The normalized spacial score (nSPS) is 12.2. The van der Waals surface area contributed by atoms with Gasteiger partial charge in [0.2, 0.25) is 5.91 Å². The Bertz CT molecular complexity index is 660. The maximum absolute atomic E-state index is 12.5. The summed E-state index contributed by atoms with van der Waals surface area (Å²) in [6, 6.07) is 16.5. The molecule has 2 heteroatoms. The van der Waals surface area contributed by atoms with Crippen LogP contribution in [0.4, 0.5) is 0 Å². The number of nitrogens with one attached hydrogen (secondary N) is 1. The Labute approximate surface area is 139 Å².